The van der Waals surface area contributed by atoms with Gasteiger partial charge < -0.3 is 0 Å². The third-order valence-corrected chi connectivity index (χ3v) is 2.73. The molecular weight excluding hydrogens is 306 g/mol. The van der Waals surface area contributed by atoms with E-state index in [-0.39, 0.29) is 16.7 Å². The van der Waals surface area contributed by atoms with Crippen LogP contribution in [0, 0.1) is 11.6 Å². The lowest BCUT2D eigenvalue weighted by molar-refractivity contribution is 0.625. The largest absolute Gasteiger partial charge is 0.252 e. The molecule has 0 bridgehead atoms. The molecule has 0 aliphatic heterocycles. The first kappa shape index (κ1) is 15.7. The number of thiocarbonyl (C=S) groups is 1. The third-order valence-electron chi connectivity index (χ3n) is 2.55. The van der Waals surface area contributed by atoms with Crippen LogP contribution >= 0.6 is 12.2 Å². The first-order chi connectivity index (χ1) is 10.7. The van der Waals surface area contributed by atoms with Gasteiger partial charge in [0.2, 0.25) is 5.11 Å². The van der Waals surface area contributed by atoms with Crippen LogP contribution < -0.4 is 10.9 Å². The van der Waals surface area contributed by atoms with Crippen molar-refractivity contribution in [1.82, 2.24) is 10.9 Å². The second-order valence-electron chi connectivity index (χ2n) is 4.11. The van der Waals surface area contributed by atoms with Crippen LogP contribution in [-0.4, -0.2) is 17.5 Å². The van der Waals surface area contributed by atoms with Crippen molar-refractivity contribution in [1.29, 1.82) is 0 Å². The summed E-state index contributed by atoms with van der Waals surface area (Å²) in [6.07, 6.45) is 2.59. The standard InChI is InChI=1S/C15H12F2N4S/c16-13-7-3-1-5-11(13)9-18-20-15(22)21-19-10-12-6-2-4-8-14(12)17/h1-10H,(H2,20,21,22)/b18-9+,19-10+. The maximum atomic E-state index is 13.3. The lowest BCUT2D eigenvalue weighted by Gasteiger charge is -2.01. The first-order valence-electron chi connectivity index (χ1n) is 6.28. The molecule has 0 aliphatic rings. The molecule has 0 unspecified atom stereocenters. The van der Waals surface area contributed by atoms with E-state index in [1.165, 1.54) is 24.6 Å². The fraction of sp³-hybridized carbons (Fsp3) is 0. The average Bonchev–Trinajstić information content (AvgIpc) is 2.51. The molecule has 2 aromatic carbocycles. The Bertz CT molecular complexity index is 657. The monoisotopic (exact) mass is 318 g/mol. The minimum absolute atomic E-state index is 0.0974. The van der Waals surface area contributed by atoms with Crippen molar-refractivity contribution in [3.63, 3.8) is 0 Å². The van der Waals surface area contributed by atoms with Crippen molar-refractivity contribution in [2.75, 3.05) is 0 Å². The SMILES string of the molecule is Fc1ccccc1/C=N/NC(=S)N/N=C/c1ccccc1F. The second-order valence-corrected chi connectivity index (χ2v) is 4.52. The van der Waals surface area contributed by atoms with Crippen LogP contribution in [0.3, 0.4) is 0 Å². The topological polar surface area (TPSA) is 48.8 Å². The number of halogens is 2. The minimum atomic E-state index is -0.385. The van der Waals surface area contributed by atoms with Crippen molar-refractivity contribution in [2.45, 2.75) is 0 Å². The van der Waals surface area contributed by atoms with E-state index >= 15 is 0 Å². The molecule has 0 heterocycles. The van der Waals surface area contributed by atoms with Gasteiger partial charge in [-0.1, -0.05) is 36.4 Å². The molecule has 112 valence electrons. The smallest absolute Gasteiger partial charge is 0.207 e. The summed E-state index contributed by atoms with van der Waals surface area (Å²) in [4.78, 5) is 0. The van der Waals surface area contributed by atoms with Gasteiger partial charge in [-0.05, 0) is 24.4 Å². The summed E-state index contributed by atoms with van der Waals surface area (Å²) in [5, 5.41) is 7.66. The van der Waals surface area contributed by atoms with Crippen LogP contribution in [-0.2, 0) is 0 Å². The van der Waals surface area contributed by atoms with E-state index in [2.05, 4.69) is 21.1 Å². The maximum Gasteiger partial charge on any atom is 0.207 e. The van der Waals surface area contributed by atoms with Crippen LogP contribution in [0.5, 0.6) is 0 Å². The summed E-state index contributed by atoms with van der Waals surface area (Å²) in [7, 11) is 0. The molecule has 7 heteroatoms. The number of hydrazone groups is 2. The summed E-state index contributed by atoms with van der Waals surface area (Å²) in [5.74, 6) is -0.769. The van der Waals surface area contributed by atoms with Gasteiger partial charge in [0.15, 0.2) is 0 Å². The molecule has 0 radical (unpaired) electrons. The molecule has 0 aliphatic carbocycles. The molecule has 0 amide bonds. The summed E-state index contributed by atoms with van der Waals surface area (Å²) in [6, 6.07) is 12.4. The van der Waals surface area contributed by atoms with E-state index in [0.717, 1.165) is 0 Å². The van der Waals surface area contributed by atoms with Gasteiger partial charge in [-0.3, -0.25) is 10.9 Å². The first-order valence-corrected chi connectivity index (χ1v) is 6.69. The molecule has 4 nitrogen and oxygen atoms in total. The highest BCUT2D eigenvalue weighted by molar-refractivity contribution is 7.80. The fourth-order valence-corrected chi connectivity index (χ4v) is 1.61. The summed E-state index contributed by atoms with van der Waals surface area (Å²) in [6.45, 7) is 0. The quantitative estimate of drug-likeness (QED) is 0.518. The summed E-state index contributed by atoms with van der Waals surface area (Å²) >= 11 is 4.91. The Labute approximate surface area is 131 Å². The van der Waals surface area contributed by atoms with E-state index in [1.807, 2.05) is 0 Å². The lowest BCUT2D eigenvalue weighted by Crippen LogP contribution is -2.28. The predicted octanol–water partition coefficient (Wildman–Crippen LogP) is 2.80. The number of benzene rings is 2. The normalized spacial score (nSPS) is 11.0. The van der Waals surface area contributed by atoms with Crippen LogP contribution in [0.4, 0.5) is 8.78 Å². The highest BCUT2D eigenvalue weighted by Crippen LogP contribution is 2.03. The van der Waals surface area contributed by atoms with E-state index < -0.39 is 0 Å². The van der Waals surface area contributed by atoms with Gasteiger partial charge in [-0.2, -0.15) is 10.2 Å². The maximum absolute atomic E-state index is 13.3. The Hall–Kier alpha value is -2.67. The van der Waals surface area contributed by atoms with Crippen molar-refractivity contribution >= 4 is 29.8 Å². The zero-order chi connectivity index (χ0) is 15.8. The van der Waals surface area contributed by atoms with Gasteiger partial charge in [-0.25, -0.2) is 8.78 Å². The van der Waals surface area contributed by atoms with Crippen molar-refractivity contribution in [3.05, 3.63) is 71.3 Å². The zero-order valence-corrected chi connectivity index (χ0v) is 12.1. The Balaban J connectivity index is 1.84. The molecule has 0 spiro atoms. The van der Waals surface area contributed by atoms with Gasteiger partial charge in [-0.15, -0.1) is 0 Å². The molecular formula is C15H12F2N4S. The number of rotatable bonds is 4. The Kier molecular flexibility index (Phi) is 5.67. The van der Waals surface area contributed by atoms with Crippen molar-refractivity contribution < 1.29 is 8.78 Å². The zero-order valence-electron chi connectivity index (χ0n) is 11.3. The van der Waals surface area contributed by atoms with Crippen molar-refractivity contribution in [2.24, 2.45) is 10.2 Å². The van der Waals surface area contributed by atoms with Crippen LogP contribution in [0.2, 0.25) is 0 Å². The van der Waals surface area contributed by atoms with E-state index in [0.29, 0.717) is 11.1 Å². The Morgan fingerprint density at radius 1 is 0.818 bits per heavy atom. The molecule has 0 saturated carbocycles. The van der Waals surface area contributed by atoms with E-state index in [9.17, 15) is 8.78 Å². The minimum Gasteiger partial charge on any atom is -0.252 e. The van der Waals surface area contributed by atoms with Gasteiger partial charge in [0.05, 0.1) is 12.4 Å². The Morgan fingerprint density at radius 2 is 1.23 bits per heavy atom. The average molecular weight is 318 g/mol. The predicted molar refractivity (Wildman–Crippen MR) is 86.9 cm³/mol. The van der Waals surface area contributed by atoms with Crippen LogP contribution in [0.15, 0.2) is 58.7 Å². The van der Waals surface area contributed by atoms with Gasteiger partial charge in [0, 0.05) is 11.1 Å². The molecule has 2 aromatic rings. The highest BCUT2D eigenvalue weighted by Gasteiger charge is 1.97. The molecule has 0 aromatic heterocycles. The van der Waals surface area contributed by atoms with Crippen molar-refractivity contribution in [3.8, 4) is 0 Å². The summed E-state index contributed by atoms with van der Waals surface area (Å²) in [5.41, 5.74) is 5.60. The van der Waals surface area contributed by atoms with Crippen LogP contribution in [0.1, 0.15) is 11.1 Å². The number of hydrogen-bond donors (Lipinski definition) is 2. The summed E-state index contributed by atoms with van der Waals surface area (Å²) < 4.78 is 26.6. The number of hydrogen-bond acceptors (Lipinski definition) is 3. The van der Waals surface area contributed by atoms with Crippen LogP contribution in [0.25, 0.3) is 0 Å². The second kappa shape index (κ2) is 7.94. The van der Waals surface area contributed by atoms with Gasteiger partial charge >= 0.3 is 0 Å². The molecule has 0 saturated heterocycles. The van der Waals surface area contributed by atoms with E-state index in [1.54, 1.807) is 36.4 Å². The van der Waals surface area contributed by atoms with Gasteiger partial charge in [0.1, 0.15) is 11.6 Å². The molecule has 2 N–H and O–H groups in total. The molecule has 2 rings (SSSR count). The fourth-order valence-electron chi connectivity index (χ4n) is 1.51. The number of nitrogens with one attached hydrogen (secondary N) is 2. The number of nitrogens with zero attached hydrogens (tertiary/aromatic N) is 2. The van der Waals surface area contributed by atoms with Gasteiger partial charge in [0.25, 0.3) is 0 Å². The Morgan fingerprint density at radius 3 is 1.64 bits per heavy atom. The molecule has 0 fully saturated rings. The highest BCUT2D eigenvalue weighted by atomic mass is 32.1. The lowest BCUT2D eigenvalue weighted by atomic mass is 10.2. The van der Waals surface area contributed by atoms with E-state index in [4.69, 9.17) is 12.2 Å². The molecule has 22 heavy (non-hydrogen) atoms. The third kappa shape index (κ3) is 4.71. The molecule has 0 atom stereocenters.